The van der Waals surface area contributed by atoms with Crippen molar-refractivity contribution in [3.05, 3.63) is 55.0 Å². The average molecular weight is 524 g/mol. The van der Waals surface area contributed by atoms with Gasteiger partial charge in [0.15, 0.2) is 5.58 Å². The topological polar surface area (TPSA) is 111 Å². The van der Waals surface area contributed by atoms with Crippen LogP contribution in [0.3, 0.4) is 0 Å². The zero-order valence-corrected chi connectivity index (χ0v) is 22.0. The predicted molar refractivity (Wildman–Crippen MR) is 138 cm³/mol. The number of sulfonamides is 1. The minimum absolute atomic E-state index is 0.180. The summed E-state index contributed by atoms with van der Waals surface area (Å²) < 4.78 is 41.6. The van der Waals surface area contributed by atoms with Crippen molar-refractivity contribution >= 4 is 27.2 Å². The molecular formula is C26H29N5O5S. The molecule has 1 saturated heterocycles. The van der Waals surface area contributed by atoms with E-state index < -0.39 is 21.7 Å². The first kappa shape index (κ1) is 25.0. The molecule has 1 fully saturated rings. The van der Waals surface area contributed by atoms with Gasteiger partial charge in [0.2, 0.25) is 10.0 Å². The van der Waals surface area contributed by atoms with E-state index in [4.69, 9.17) is 9.15 Å². The number of nitrogens with zero attached hydrogens (tertiary/aromatic N) is 5. The Morgan fingerprint density at radius 1 is 1.05 bits per heavy atom. The van der Waals surface area contributed by atoms with E-state index in [0.29, 0.717) is 22.4 Å². The first-order chi connectivity index (χ1) is 17.5. The number of pyridine rings is 1. The Hall–Kier alpha value is -3.70. The molecular weight excluding hydrogens is 494 g/mol. The molecule has 0 N–H and O–H groups in total. The first-order valence-corrected chi connectivity index (χ1v) is 13.4. The molecule has 0 radical (unpaired) electrons. The van der Waals surface area contributed by atoms with Gasteiger partial charge in [0, 0.05) is 57.3 Å². The number of aryl methyl sites for hydroxylation is 1. The molecule has 1 amide bonds. The number of amides is 1. The van der Waals surface area contributed by atoms with E-state index in [1.165, 1.54) is 9.21 Å². The molecule has 0 aliphatic carbocycles. The third-order valence-corrected chi connectivity index (χ3v) is 7.97. The molecule has 10 nitrogen and oxygen atoms in total. The Bertz CT molecular complexity index is 1560. The summed E-state index contributed by atoms with van der Waals surface area (Å²) in [5.41, 5.74) is 2.91. The third kappa shape index (κ3) is 5.09. The van der Waals surface area contributed by atoms with Crippen molar-refractivity contribution in [1.82, 2.24) is 24.0 Å². The highest BCUT2D eigenvalue weighted by atomic mass is 32.2. The van der Waals surface area contributed by atoms with Crippen LogP contribution in [-0.4, -0.2) is 70.3 Å². The van der Waals surface area contributed by atoms with Gasteiger partial charge in [-0.3, -0.25) is 9.67 Å². The van der Waals surface area contributed by atoms with E-state index in [-0.39, 0.29) is 31.1 Å². The largest absolute Gasteiger partial charge is 0.454 e. The van der Waals surface area contributed by atoms with Gasteiger partial charge in [0.25, 0.3) is 0 Å². The van der Waals surface area contributed by atoms with Crippen LogP contribution >= 0.6 is 0 Å². The number of carbonyl (C=O) groups is 1. The van der Waals surface area contributed by atoms with Crippen LogP contribution < -0.4 is 0 Å². The van der Waals surface area contributed by atoms with Crippen LogP contribution in [0.4, 0.5) is 4.79 Å². The van der Waals surface area contributed by atoms with Crippen molar-refractivity contribution in [2.24, 2.45) is 7.05 Å². The molecule has 0 spiro atoms. The highest BCUT2D eigenvalue weighted by molar-refractivity contribution is 7.89. The molecule has 0 saturated carbocycles. The summed E-state index contributed by atoms with van der Waals surface area (Å²) in [4.78, 5) is 18.5. The number of piperazine rings is 1. The molecule has 4 heterocycles. The minimum atomic E-state index is -3.77. The van der Waals surface area contributed by atoms with Gasteiger partial charge in [-0.1, -0.05) is 12.1 Å². The maximum absolute atomic E-state index is 13.5. The second kappa shape index (κ2) is 9.31. The van der Waals surface area contributed by atoms with Gasteiger partial charge in [-0.25, -0.2) is 13.2 Å². The number of furan rings is 1. The highest BCUT2D eigenvalue weighted by Crippen LogP contribution is 2.34. The SMILES string of the molecule is Cn1cc(-c2cc3nccc(-c4cccc(S(=O)(=O)N5CCN(C(=O)OC(C)(C)C)CC5)c4)c3o2)cn1. The quantitative estimate of drug-likeness (QED) is 0.395. The number of rotatable bonds is 4. The number of hydrogen-bond acceptors (Lipinski definition) is 7. The summed E-state index contributed by atoms with van der Waals surface area (Å²) in [5.74, 6) is 0.634. The van der Waals surface area contributed by atoms with E-state index in [1.807, 2.05) is 31.4 Å². The Morgan fingerprint density at radius 2 is 1.81 bits per heavy atom. The molecule has 0 atom stereocenters. The maximum atomic E-state index is 13.5. The van der Waals surface area contributed by atoms with Gasteiger partial charge in [-0.05, 0) is 44.5 Å². The van der Waals surface area contributed by atoms with Crippen LogP contribution in [0.5, 0.6) is 0 Å². The van der Waals surface area contributed by atoms with Crippen molar-refractivity contribution in [2.75, 3.05) is 26.2 Å². The zero-order valence-electron chi connectivity index (χ0n) is 21.2. The van der Waals surface area contributed by atoms with E-state index >= 15 is 0 Å². The normalized spacial score (nSPS) is 15.3. The van der Waals surface area contributed by atoms with Gasteiger partial charge in [0.1, 0.15) is 16.9 Å². The Balaban J connectivity index is 1.39. The van der Waals surface area contributed by atoms with Crippen LogP contribution in [0.15, 0.2) is 64.3 Å². The van der Waals surface area contributed by atoms with Crippen LogP contribution in [-0.2, 0) is 21.8 Å². The Kier molecular flexibility index (Phi) is 6.28. The lowest BCUT2D eigenvalue weighted by Crippen LogP contribution is -2.51. The summed E-state index contributed by atoms with van der Waals surface area (Å²) in [5, 5.41) is 4.19. The fraction of sp³-hybridized carbons (Fsp3) is 0.346. The van der Waals surface area contributed by atoms with Crippen LogP contribution in [0.1, 0.15) is 20.8 Å². The number of benzene rings is 1. The van der Waals surface area contributed by atoms with Crippen molar-refractivity contribution < 1.29 is 22.4 Å². The molecule has 4 aromatic rings. The summed E-state index contributed by atoms with van der Waals surface area (Å²) in [6.45, 7) is 6.33. The fourth-order valence-corrected chi connectivity index (χ4v) is 5.74. The standard InChI is InChI=1S/C26H29N5O5S/c1-26(2,3)36-25(32)30-10-12-31(13-11-30)37(33,34)20-7-5-6-18(14-20)21-8-9-27-22-15-23(35-24(21)22)19-16-28-29(4)17-19/h5-9,14-17H,10-13H2,1-4H3. The van der Waals surface area contributed by atoms with E-state index in [0.717, 1.165) is 11.1 Å². The summed E-state index contributed by atoms with van der Waals surface area (Å²) >= 11 is 0. The Morgan fingerprint density at radius 3 is 2.49 bits per heavy atom. The first-order valence-electron chi connectivity index (χ1n) is 12.0. The molecule has 1 aliphatic rings. The molecule has 0 bridgehead atoms. The molecule has 0 unspecified atom stereocenters. The van der Waals surface area contributed by atoms with Crippen molar-refractivity contribution in [3.63, 3.8) is 0 Å². The van der Waals surface area contributed by atoms with Gasteiger partial charge >= 0.3 is 6.09 Å². The second-order valence-corrected chi connectivity index (χ2v) is 11.9. The molecule has 11 heteroatoms. The van der Waals surface area contributed by atoms with Gasteiger partial charge < -0.3 is 14.1 Å². The number of hydrogen-bond donors (Lipinski definition) is 0. The number of carbonyl (C=O) groups excluding carboxylic acids is 1. The smallest absolute Gasteiger partial charge is 0.410 e. The number of aromatic nitrogens is 3. The molecule has 37 heavy (non-hydrogen) atoms. The molecule has 1 aromatic carbocycles. The average Bonchev–Trinajstić information content (AvgIpc) is 3.49. The molecule has 5 rings (SSSR count). The van der Waals surface area contributed by atoms with Crippen molar-refractivity contribution in [3.8, 4) is 22.5 Å². The monoisotopic (exact) mass is 523 g/mol. The predicted octanol–water partition coefficient (Wildman–Crippen LogP) is 4.14. The van der Waals surface area contributed by atoms with Crippen LogP contribution in [0.25, 0.3) is 33.6 Å². The molecule has 194 valence electrons. The third-order valence-electron chi connectivity index (χ3n) is 6.07. The lowest BCUT2D eigenvalue weighted by Gasteiger charge is -2.35. The zero-order chi connectivity index (χ0) is 26.4. The van der Waals surface area contributed by atoms with E-state index in [1.54, 1.807) is 56.0 Å². The number of fused-ring (bicyclic) bond motifs is 1. The number of ether oxygens (including phenoxy) is 1. The molecule has 3 aromatic heterocycles. The second-order valence-electron chi connectivity index (χ2n) is 9.99. The molecule has 1 aliphatic heterocycles. The summed E-state index contributed by atoms with van der Waals surface area (Å²) in [7, 11) is -1.94. The Labute approximate surface area is 215 Å². The van der Waals surface area contributed by atoms with E-state index in [2.05, 4.69) is 10.1 Å². The van der Waals surface area contributed by atoms with Gasteiger partial charge in [0.05, 0.1) is 16.7 Å². The van der Waals surface area contributed by atoms with E-state index in [9.17, 15) is 13.2 Å². The lowest BCUT2D eigenvalue weighted by molar-refractivity contribution is 0.0192. The fourth-order valence-electron chi connectivity index (χ4n) is 4.27. The highest BCUT2D eigenvalue weighted by Gasteiger charge is 2.32. The summed E-state index contributed by atoms with van der Waals surface area (Å²) in [6, 6.07) is 10.5. The maximum Gasteiger partial charge on any atom is 0.410 e. The summed E-state index contributed by atoms with van der Waals surface area (Å²) in [6.07, 6.45) is 4.81. The van der Waals surface area contributed by atoms with Crippen LogP contribution in [0, 0.1) is 0 Å². The van der Waals surface area contributed by atoms with Gasteiger partial charge in [-0.2, -0.15) is 9.40 Å². The van der Waals surface area contributed by atoms with Gasteiger partial charge in [-0.15, -0.1) is 0 Å². The van der Waals surface area contributed by atoms with Crippen molar-refractivity contribution in [2.45, 2.75) is 31.3 Å². The van der Waals surface area contributed by atoms with Crippen LogP contribution in [0.2, 0.25) is 0 Å². The minimum Gasteiger partial charge on any atom is -0.454 e. The lowest BCUT2D eigenvalue weighted by atomic mass is 10.1. The van der Waals surface area contributed by atoms with Crippen molar-refractivity contribution in [1.29, 1.82) is 0 Å².